The van der Waals surface area contributed by atoms with E-state index in [9.17, 15) is 8.42 Å². The number of thiazole rings is 1. The van der Waals surface area contributed by atoms with Crippen LogP contribution in [0.5, 0.6) is 0 Å². The van der Waals surface area contributed by atoms with Crippen LogP contribution >= 0.6 is 11.3 Å². The Morgan fingerprint density at radius 2 is 2.25 bits per heavy atom. The summed E-state index contributed by atoms with van der Waals surface area (Å²) in [6.45, 7) is 3.57. The van der Waals surface area contributed by atoms with Crippen LogP contribution in [0.2, 0.25) is 0 Å². The molecule has 1 aromatic heterocycles. The van der Waals surface area contributed by atoms with Crippen LogP contribution in [0.15, 0.2) is 6.20 Å². The number of rotatable bonds is 3. The Morgan fingerprint density at radius 3 is 2.67 bits per heavy atom. The van der Waals surface area contributed by atoms with Crippen molar-refractivity contribution in [1.29, 1.82) is 0 Å². The van der Waals surface area contributed by atoms with Crippen molar-refractivity contribution in [2.24, 2.45) is 0 Å². The number of hydrogen-bond donors (Lipinski definition) is 0. The Bertz CT molecular complexity index is 353. The molecule has 0 amide bonds. The van der Waals surface area contributed by atoms with Gasteiger partial charge < -0.3 is 0 Å². The van der Waals surface area contributed by atoms with Crippen LogP contribution in [0, 0.1) is 6.92 Å². The molecule has 0 radical (unpaired) electrons. The molecule has 0 unspecified atom stereocenters. The third-order valence-electron chi connectivity index (χ3n) is 1.45. The first-order chi connectivity index (χ1) is 5.53. The van der Waals surface area contributed by atoms with Crippen molar-refractivity contribution in [1.82, 2.24) is 4.98 Å². The van der Waals surface area contributed by atoms with E-state index < -0.39 is 9.84 Å². The van der Waals surface area contributed by atoms with Gasteiger partial charge in [-0.15, -0.1) is 11.3 Å². The Labute approximate surface area is 76.4 Å². The molecule has 0 fully saturated rings. The third kappa shape index (κ3) is 2.57. The van der Waals surface area contributed by atoms with Gasteiger partial charge in [0.15, 0.2) is 9.84 Å². The van der Waals surface area contributed by atoms with Gasteiger partial charge in [0.2, 0.25) is 0 Å². The Kier molecular flexibility index (Phi) is 2.85. The fraction of sp³-hybridized carbons (Fsp3) is 0.571. The summed E-state index contributed by atoms with van der Waals surface area (Å²) in [6.07, 6.45) is 1.70. The first kappa shape index (κ1) is 9.67. The van der Waals surface area contributed by atoms with E-state index in [1.165, 1.54) is 11.3 Å². The van der Waals surface area contributed by atoms with Gasteiger partial charge in [0.1, 0.15) is 10.8 Å². The maximum Gasteiger partial charge on any atom is 0.156 e. The molecule has 0 aliphatic carbocycles. The molecule has 68 valence electrons. The summed E-state index contributed by atoms with van der Waals surface area (Å²) in [4.78, 5) is 5.04. The van der Waals surface area contributed by atoms with Crippen LogP contribution < -0.4 is 0 Å². The standard InChI is InChI=1S/C7H11NO2S2/c1-3-12(9,10)5-7-8-4-6(2)11-7/h4H,3,5H2,1-2H3. The highest BCUT2D eigenvalue weighted by molar-refractivity contribution is 7.90. The minimum Gasteiger partial charge on any atom is -0.248 e. The highest BCUT2D eigenvalue weighted by atomic mass is 32.2. The van der Waals surface area contributed by atoms with Gasteiger partial charge in [-0.05, 0) is 6.92 Å². The van der Waals surface area contributed by atoms with E-state index in [2.05, 4.69) is 4.98 Å². The van der Waals surface area contributed by atoms with Crippen molar-refractivity contribution < 1.29 is 8.42 Å². The lowest BCUT2D eigenvalue weighted by molar-refractivity contribution is 0.596. The summed E-state index contributed by atoms with van der Waals surface area (Å²) in [6, 6.07) is 0. The molecule has 1 rings (SSSR count). The van der Waals surface area contributed by atoms with Gasteiger partial charge in [0.25, 0.3) is 0 Å². The summed E-state index contributed by atoms with van der Waals surface area (Å²) < 4.78 is 22.3. The maximum absolute atomic E-state index is 11.1. The SMILES string of the molecule is CCS(=O)(=O)Cc1ncc(C)s1. The van der Waals surface area contributed by atoms with Gasteiger partial charge >= 0.3 is 0 Å². The molecule has 0 aliphatic heterocycles. The zero-order valence-corrected chi connectivity index (χ0v) is 8.70. The van der Waals surface area contributed by atoms with Gasteiger partial charge in [-0.2, -0.15) is 0 Å². The normalized spacial score (nSPS) is 11.8. The van der Waals surface area contributed by atoms with Gasteiger partial charge in [0.05, 0.1) is 0 Å². The van der Waals surface area contributed by atoms with Crippen LogP contribution in [0.25, 0.3) is 0 Å². The second-order valence-electron chi connectivity index (χ2n) is 2.54. The van der Waals surface area contributed by atoms with Gasteiger partial charge in [0, 0.05) is 16.8 Å². The van der Waals surface area contributed by atoms with Crippen molar-refractivity contribution >= 4 is 21.2 Å². The predicted octanol–water partition coefficient (Wildman–Crippen LogP) is 1.39. The molecule has 5 heteroatoms. The highest BCUT2D eigenvalue weighted by Crippen LogP contribution is 2.14. The second-order valence-corrected chi connectivity index (χ2v) is 6.21. The van der Waals surface area contributed by atoms with Crippen LogP contribution in [0.4, 0.5) is 0 Å². The molecule has 0 atom stereocenters. The quantitative estimate of drug-likeness (QED) is 0.749. The van der Waals surface area contributed by atoms with Crippen LogP contribution in [-0.2, 0) is 15.6 Å². The smallest absolute Gasteiger partial charge is 0.156 e. The first-order valence-electron chi connectivity index (χ1n) is 3.65. The Morgan fingerprint density at radius 1 is 1.58 bits per heavy atom. The number of aryl methyl sites for hydroxylation is 1. The summed E-state index contributed by atoms with van der Waals surface area (Å²) in [5.41, 5.74) is 0. The minimum absolute atomic E-state index is 0.0853. The van der Waals surface area contributed by atoms with E-state index in [0.29, 0.717) is 5.01 Å². The van der Waals surface area contributed by atoms with Gasteiger partial charge in [-0.25, -0.2) is 13.4 Å². The van der Waals surface area contributed by atoms with E-state index in [1.807, 2.05) is 6.92 Å². The molecule has 0 aromatic carbocycles. The van der Waals surface area contributed by atoms with Crippen molar-refractivity contribution in [3.05, 3.63) is 16.1 Å². The number of sulfone groups is 1. The molecule has 1 heterocycles. The maximum atomic E-state index is 11.1. The van der Waals surface area contributed by atoms with Crippen LogP contribution in [0.3, 0.4) is 0 Å². The van der Waals surface area contributed by atoms with E-state index >= 15 is 0 Å². The lowest BCUT2D eigenvalue weighted by Gasteiger charge is -1.95. The van der Waals surface area contributed by atoms with Crippen molar-refractivity contribution in [3.8, 4) is 0 Å². The Balaban J connectivity index is 2.77. The van der Waals surface area contributed by atoms with E-state index in [1.54, 1.807) is 13.1 Å². The zero-order chi connectivity index (χ0) is 9.19. The topological polar surface area (TPSA) is 47.0 Å². The molecule has 3 nitrogen and oxygen atoms in total. The second kappa shape index (κ2) is 3.53. The fourth-order valence-electron chi connectivity index (χ4n) is 0.758. The highest BCUT2D eigenvalue weighted by Gasteiger charge is 2.10. The van der Waals surface area contributed by atoms with Crippen molar-refractivity contribution in [2.45, 2.75) is 19.6 Å². The minimum atomic E-state index is -2.91. The van der Waals surface area contributed by atoms with E-state index in [4.69, 9.17) is 0 Å². The first-order valence-corrected chi connectivity index (χ1v) is 6.29. The Hall–Kier alpha value is -0.420. The molecule has 0 N–H and O–H groups in total. The predicted molar refractivity (Wildman–Crippen MR) is 50.0 cm³/mol. The lowest BCUT2D eigenvalue weighted by Crippen LogP contribution is -2.05. The molecule has 0 bridgehead atoms. The fourth-order valence-corrected chi connectivity index (χ4v) is 2.77. The number of aromatic nitrogens is 1. The molecule has 0 saturated carbocycles. The summed E-state index contributed by atoms with van der Waals surface area (Å²) in [7, 11) is -2.91. The van der Waals surface area contributed by atoms with E-state index in [-0.39, 0.29) is 11.5 Å². The number of hydrogen-bond acceptors (Lipinski definition) is 4. The summed E-state index contributed by atoms with van der Waals surface area (Å²) in [5.74, 6) is 0.271. The van der Waals surface area contributed by atoms with Crippen LogP contribution in [0.1, 0.15) is 16.8 Å². The van der Waals surface area contributed by atoms with Gasteiger partial charge in [-0.1, -0.05) is 6.92 Å². The average Bonchev–Trinajstić information content (AvgIpc) is 2.35. The third-order valence-corrected chi connectivity index (χ3v) is 4.14. The largest absolute Gasteiger partial charge is 0.248 e. The van der Waals surface area contributed by atoms with E-state index in [0.717, 1.165) is 4.88 Å². The molecule has 0 spiro atoms. The zero-order valence-electron chi connectivity index (χ0n) is 7.07. The van der Waals surface area contributed by atoms with Crippen molar-refractivity contribution in [2.75, 3.05) is 5.75 Å². The monoisotopic (exact) mass is 205 g/mol. The molecule has 0 saturated heterocycles. The molecular formula is C7H11NO2S2. The summed E-state index contributed by atoms with van der Waals surface area (Å²) in [5, 5.41) is 0.689. The molecular weight excluding hydrogens is 194 g/mol. The molecule has 12 heavy (non-hydrogen) atoms. The van der Waals surface area contributed by atoms with Crippen LogP contribution in [-0.4, -0.2) is 19.2 Å². The lowest BCUT2D eigenvalue weighted by atomic mass is 10.6. The molecule has 0 aliphatic rings. The van der Waals surface area contributed by atoms with Gasteiger partial charge in [-0.3, -0.25) is 0 Å². The molecule has 1 aromatic rings. The number of nitrogens with zero attached hydrogens (tertiary/aromatic N) is 1. The summed E-state index contributed by atoms with van der Waals surface area (Å²) >= 11 is 1.44. The average molecular weight is 205 g/mol. The van der Waals surface area contributed by atoms with Crippen molar-refractivity contribution in [3.63, 3.8) is 0 Å².